The number of carbonyl (C=O) groups is 1. The zero-order chi connectivity index (χ0) is 12.6. The molecule has 4 nitrogen and oxygen atoms in total. The van der Waals surface area contributed by atoms with Crippen LogP contribution in [0.5, 0.6) is 0 Å². The second-order valence-corrected chi connectivity index (χ2v) is 5.01. The monoisotopic (exact) mass is 274 g/mol. The molecule has 1 saturated heterocycles. The Bertz CT molecular complexity index is 439. The summed E-state index contributed by atoms with van der Waals surface area (Å²) in [6.07, 6.45) is 0.634. The number of hydrogen-bond donors (Lipinski definition) is 1. The van der Waals surface area contributed by atoms with Crippen LogP contribution in [-0.4, -0.2) is 39.6 Å². The van der Waals surface area contributed by atoms with Gasteiger partial charge in [-0.25, -0.2) is 4.98 Å². The largest absolute Gasteiger partial charge is 0.386 e. The molecule has 0 aromatic carbocycles. The predicted molar refractivity (Wildman–Crippen MR) is 65.4 cm³/mol. The zero-order valence-electron chi connectivity index (χ0n) is 9.28. The van der Waals surface area contributed by atoms with Crippen LogP contribution >= 0.6 is 23.2 Å². The standard InChI is InChI=1S/C11H12Cl2N2O2/c1-2-11(17)5-15(6-11)10(16)7-3-8(12)14-9(13)4-7/h3-4,17H,2,5-6H2,1H3. The molecule has 1 N–H and O–H groups in total. The van der Waals surface area contributed by atoms with Crippen LogP contribution in [0.25, 0.3) is 0 Å². The number of nitrogens with zero attached hydrogens (tertiary/aromatic N) is 2. The molecule has 1 aliphatic rings. The van der Waals surface area contributed by atoms with Crippen molar-refractivity contribution in [3.63, 3.8) is 0 Å². The highest BCUT2D eigenvalue weighted by atomic mass is 35.5. The van der Waals surface area contributed by atoms with Crippen molar-refractivity contribution < 1.29 is 9.90 Å². The molecule has 1 fully saturated rings. The smallest absolute Gasteiger partial charge is 0.254 e. The lowest BCUT2D eigenvalue weighted by molar-refractivity contribution is -0.0826. The highest BCUT2D eigenvalue weighted by Crippen LogP contribution is 2.26. The van der Waals surface area contributed by atoms with Gasteiger partial charge in [0.25, 0.3) is 5.91 Å². The van der Waals surface area contributed by atoms with Gasteiger partial charge >= 0.3 is 0 Å². The van der Waals surface area contributed by atoms with Crippen molar-refractivity contribution in [2.24, 2.45) is 0 Å². The van der Waals surface area contributed by atoms with E-state index in [9.17, 15) is 9.90 Å². The SMILES string of the molecule is CCC1(O)CN(C(=O)c2cc(Cl)nc(Cl)c2)C1. The summed E-state index contributed by atoms with van der Waals surface area (Å²) in [6.45, 7) is 2.59. The van der Waals surface area contributed by atoms with Crippen LogP contribution in [0.15, 0.2) is 12.1 Å². The van der Waals surface area contributed by atoms with Crippen LogP contribution in [0, 0.1) is 0 Å². The molecule has 2 heterocycles. The molecule has 2 rings (SSSR count). The fraction of sp³-hybridized carbons (Fsp3) is 0.455. The Morgan fingerprint density at radius 2 is 2.00 bits per heavy atom. The number of rotatable bonds is 2. The van der Waals surface area contributed by atoms with Gasteiger partial charge in [0, 0.05) is 5.56 Å². The fourth-order valence-electron chi connectivity index (χ4n) is 1.80. The molecular formula is C11H12Cl2N2O2. The third-order valence-electron chi connectivity index (χ3n) is 2.93. The number of aliphatic hydroxyl groups is 1. The van der Waals surface area contributed by atoms with Gasteiger partial charge in [0.2, 0.25) is 0 Å². The van der Waals surface area contributed by atoms with Crippen molar-refractivity contribution in [2.75, 3.05) is 13.1 Å². The van der Waals surface area contributed by atoms with Gasteiger partial charge in [-0.1, -0.05) is 30.1 Å². The van der Waals surface area contributed by atoms with E-state index in [1.807, 2.05) is 6.92 Å². The maximum Gasteiger partial charge on any atom is 0.254 e. The maximum absolute atomic E-state index is 12.0. The van der Waals surface area contributed by atoms with Crippen molar-refractivity contribution >= 4 is 29.1 Å². The summed E-state index contributed by atoms with van der Waals surface area (Å²) >= 11 is 11.5. The van der Waals surface area contributed by atoms with E-state index in [0.717, 1.165) is 0 Å². The minimum Gasteiger partial charge on any atom is -0.386 e. The van der Waals surface area contributed by atoms with E-state index < -0.39 is 5.60 Å². The van der Waals surface area contributed by atoms with E-state index >= 15 is 0 Å². The van der Waals surface area contributed by atoms with E-state index in [-0.39, 0.29) is 16.2 Å². The second kappa shape index (κ2) is 4.44. The molecule has 0 spiro atoms. The number of aromatic nitrogens is 1. The minimum absolute atomic E-state index is 0.186. The number of hydrogen-bond acceptors (Lipinski definition) is 3. The summed E-state index contributed by atoms with van der Waals surface area (Å²) < 4.78 is 0. The molecule has 1 aromatic heterocycles. The normalized spacial score (nSPS) is 17.8. The molecule has 6 heteroatoms. The average Bonchev–Trinajstić information content (AvgIpc) is 2.22. The quantitative estimate of drug-likeness (QED) is 0.840. The van der Waals surface area contributed by atoms with E-state index in [1.165, 1.54) is 12.1 Å². The van der Waals surface area contributed by atoms with Crippen molar-refractivity contribution in [1.82, 2.24) is 9.88 Å². The van der Waals surface area contributed by atoms with Gasteiger partial charge in [0.1, 0.15) is 10.3 Å². The minimum atomic E-state index is -0.740. The summed E-state index contributed by atoms with van der Waals surface area (Å²) in [4.78, 5) is 17.3. The number of carbonyl (C=O) groups excluding carboxylic acids is 1. The van der Waals surface area contributed by atoms with Gasteiger partial charge in [-0.2, -0.15) is 0 Å². The summed E-state index contributed by atoms with van der Waals surface area (Å²) in [7, 11) is 0. The molecule has 92 valence electrons. The van der Waals surface area contributed by atoms with Crippen LogP contribution in [0.2, 0.25) is 10.3 Å². The number of β-amino-alcohol motifs (C(OH)–C–C–N with tert-alkyl or cyclic N) is 1. The first kappa shape index (κ1) is 12.6. The van der Waals surface area contributed by atoms with Crippen LogP contribution < -0.4 is 0 Å². The molecule has 1 aromatic rings. The first-order valence-electron chi connectivity index (χ1n) is 5.28. The average molecular weight is 275 g/mol. The van der Waals surface area contributed by atoms with Crippen molar-refractivity contribution in [1.29, 1.82) is 0 Å². The Morgan fingerprint density at radius 1 is 1.47 bits per heavy atom. The van der Waals surface area contributed by atoms with Crippen LogP contribution in [-0.2, 0) is 0 Å². The van der Waals surface area contributed by atoms with Crippen LogP contribution in [0.4, 0.5) is 0 Å². The Hall–Kier alpha value is -0.840. The molecule has 1 amide bonds. The zero-order valence-corrected chi connectivity index (χ0v) is 10.8. The summed E-state index contributed by atoms with van der Waals surface area (Å²) in [5.74, 6) is -0.186. The number of halogens is 2. The molecule has 1 aliphatic heterocycles. The number of amides is 1. The molecule has 0 atom stereocenters. The Labute approximate surface area is 109 Å². The van der Waals surface area contributed by atoms with Crippen molar-refractivity contribution in [2.45, 2.75) is 18.9 Å². The lowest BCUT2D eigenvalue weighted by Gasteiger charge is -2.46. The van der Waals surface area contributed by atoms with Gasteiger partial charge in [0.15, 0.2) is 0 Å². The van der Waals surface area contributed by atoms with E-state index in [0.29, 0.717) is 25.1 Å². The lowest BCUT2D eigenvalue weighted by Crippen LogP contribution is -2.63. The molecular weight excluding hydrogens is 263 g/mol. The van der Waals surface area contributed by atoms with E-state index in [4.69, 9.17) is 23.2 Å². The summed E-state index contributed by atoms with van der Waals surface area (Å²) in [5, 5.41) is 10.2. The second-order valence-electron chi connectivity index (χ2n) is 4.24. The molecule has 0 unspecified atom stereocenters. The van der Waals surface area contributed by atoms with Gasteiger partial charge in [0.05, 0.1) is 18.7 Å². The number of likely N-dealkylation sites (tertiary alicyclic amines) is 1. The van der Waals surface area contributed by atoms with Crippen molar-refractivity contribution in [3.05, 3.63) is 28.0 Å². The topological polar surface area (TPSA) is 53.4 Å². The van der Waals surface area contributed by atoms with Gasteiger partial charge in [-0.3, -0.25) is 4.79 Å². The molecule has 0 radical (unpaired) electrons. The molecule has 17 heavy (non-hydrogen) atoms. The lowest BCUT2D eigenvalue weighted by atomic mass is 9.91. The third kappa shape index (κ3) is 2.54. The van der Waals surface area contributed by atoms with Gasteiger partial charge < -0.3 is 10.0 Å². The highest BCUT2D eigenvalue weighted by molar-refractivity contribution is 6.33. The molecule has 0 aliphatic carbocycles. The fourth-order valence-corrected chi connectivity index (χ4v) is 2.26. The Kier molecular flexibility index (Phi) is 3.30. The van der Waals surface area contributed by atoms with Gasteiger partial charge in [-0.15, -0.1) is 0 Å². The van der Waals surface area contributed by atoms with E-state index in [1.54, 1.807) is 4.90 Å². The van der Waals surface area contributed by atoms with Crippen LogP contribution in [0.3, 0.4) is 0 Å². The first-order chi connectivity index (χ1) is 7.93. The van der Waals surface area contributed by atoms with E-state index in [2.05, 4.69) is 4.98 Å². The third-order valence-corrected chi connectivity index (χ3v) is 3.31. The van der Waals surface area contributed by atoms with Crippen LogP contribution in [0.1, 0.15) is 23.7 Å². The Morgan fingerprint density at radius 3 is 2.47 bits per heavy atom. The predicted octanol–water partition coefficient (Wildman–Crippen LogP) is 1.99. The maximum atomic E-state index is 12.0. The first-order valence-corrected chi connectivity index (χ1v) is 6.04. The highest BCUT2D eigenvalue weighted by Gasteiger charge is 2.42. The molecule has 0 saturated carbocycles. The van der Waals surface area contributed by atoms with Crippen molar-refractivity contribution in [3.8, 4) is 0 Å². The summed E-state index contributed by atoms with van der Waals surface area (Å²) in [6, 6.07) is 2.94. The number of pyridine rings is 1. The molecule has 0 bridgehead atoms. The van der Waals surface area contributed by atoms with Gasteiger partial charge in [-0.05, 0) is 18.6 Å². The summed E-state index contributed by atoms with van der Waals surface area (Å²) in [5.41, 5.74) is -0.343. The Balaban J connectivity index is 2.11.